The Hall–Kier alpha value is -1.74. The van der Waals surface area contributed by atoms with Gasteiger partial charge in [-0.1, -0.05) is 13.0 Å². The van der Waals surface area contributed by atoms with E-state index in [-0.39, 0.29) is 11.9 Å². The molecule has 0 saturated heterocycles. The second-order valence-corrected chi connectivity index (χ2v) is 4.73. The first-order valence-electron chi connectivity index (χ1n) is 6.61. The van der Waals surface area contributed by atoms with Crippen molar-refractivity contribution in [1.82, 2.24) is 10.3 Å². The summed E-state index contributed by atoms with van der Waals surface area (Å²) in [6, 6.07) is 9.11. The van der Waals surface area contributed by atoms with Crippen LogP contribution in [-0.2, 0) is 0 Å². The Morgan fingerprint density at radius 2 is 1.89 bits per heavy atom. The molecular weight excluding hydrogens is 239 g/mol. The quantitative estimate of drug-likeness (QED) is 0.886. The number of pyridine rings is 1. The summed E-state index contributed by atoms with van der Waals surface area (Å²) >= 11 is 0. The van der Waals surface area contributed by atoms with Crippen molar-refractivity contribution in [3.63, 3.8) is 0 Å². The lowest BCUT2D eigenvalue weighted by molar-refractivity contribution is 0.584. The van der Waals surface area contributed by atoms with Crippen LogP contribution in [0.4, 0.5) is 4.39 Å². The second-order valence-electron chi connectivity index (χ2n) is 4.73. The van der Waals surface area contributed by atoms with Gasteiger partial charge in [0.2, 0.25) is 0 Å². The van der Waals surface area contributed by atoms with Crippen molar-refractivity contribution in [2.24, 2.45) is 0 Å². The van der Waals surface area contributed by atoms with Crippen molar-refractivity contribution in [3.05, 3.63) is 65.2 Å². The maximum atomic E-state index is 13.6. The Kier molecular flexibility index (Phi) is 4.63. The van der Waals surface area contributed by atoms with Gasteiger partial charge in [0, 0.05) is 12.4 Å². The van der Waals surface area contributed by atoms with Crippen molar-refractivity contribution in [1.29, 1.82) is 0 Å². The van der Waals surface area contributed by atoms with E-state index in [1.165, 1.54) is 0 Å². The van der Waals surface area contributed by atoms with Crippen LogP contribution in [0.15, 0.2) is 42.7 Å². The van der Waals surface area contributed by atoms with E-state index in [9.17, 15) is 4.39 Å². The van der Waals surface area contributed by atoms with Gasteiger partial charge in [-0.15, -0.1) is 0 Å². The summed E-state index contributed by atoms with van der Waals surface area (Å²) in [4.78, 5) is 4.03. The molecule has 0 spiro atoms. The molecule has 100 valence electrons. The van der Waals surface area contributed by atoms with Crippen LogP contribution in [0.2, 0.25) is 0 Å². The number of benzene rings is 1. The van der Waals surface area contributed by atoms with Crippen LogP contribution in [0.25, 0.3) is 0 Å². The first-order chi connectivity index (χ1) is 9.20. The summed E-state index contributed by atoms with van der Waals surface area (Å²) in [6.45, 7) is 4.92. The molecule has 0 amide bonds. The smallest absolute Gasteiger partial charge is 0.123 e. The average Bonchev–Trinajstić information content (AvgIpc) is 2.39. The van der Waals surface area contributed by atoms with Crippen molar-refractivity contribution in [3.8, 4) is 0 Å². The van der Waals surface area contributed by atoms with Crippen LogP contribution in [0, 0.1) is 12.7 Å². The molecule has 3 heteroatoms. The highest BCUT2D eigenvalue weighted by Crippen LogP contribution is 2.23. The molecule has 0 saturated carbocycles. The fraction of sp³-hybridized carbons (Fsp3) is 0.312. The third-order valence-corrected chi connectivity index (χ3v) is 3.04. The van der Waals surface area contributed by atoms with E-state index in [0.29, 0.717) is 0 Å². The van der Waals surface area contributed by atoms with E-state index in [1.54, 1.807) is 24.5 Å². The number of hydrogen-bond donors (Lipinski definition) is 1. The van der Waals surface area contributed by atoms with Gasteiger partial charge in [0.25, 0.3) is 0 Å². The molecule has 0 fully saturated rings. The standard InChI is InChI=1S/C16H19FN2/c1-3-6-19-16(13-4-7-18-8-5-13)14-9-12(2)10-15(17)11-14/h4-5,7-11,16,19H,3,6H2,1-2H3. The molecule has 0 aliphatic rings. The summed E-state index contributed by atoms with van der Waals surface area (Å²) in [5.41, 5.74) is 3.00. The normalized spacial score (nSPS) is 12.4. The van der Waals surface area contributed by atoms with Crippen LogP contribution in [0.1, 0.15) is 36.1 Å². The van der Waals surface area contributed by atoms with E-state index in [0.717, 1.165) is 29.7 Å². The number of nitrogens with zero attached hydrogens (tertiary/aromatic N) is 1. The summed E-state index contributed by atoms with van der Waals surface area (Å²) in [5.74, 6) is -0.188. The predicted octanol–water partition coefficient (Wildman–Crippen LogP) is 3.62. The molecule has 0 aliphatic carbocycles. The highest BCUT2D eigenvalue weighted by atomic mass is 19.1. The van der Waals surface area contributed by atoms with Gasteiger partial charge in [-0.3, -0.25) is 4.98 Å². The van der Waals surface area contributed by atoms with Crippen LogP contribution in [0.3, 0.4) is 0 Å². The molecule has 2 nitrogen and oxygen atoms in total. The Labute approximate surface area is 113 Å². The van der Waals surface area contributed by atoms with Crippen molar-refractivity contribution < 1.29 is 4.39 Å². The minimum absolute atomic E-state index is 0.0114. The van der Waals surface area contributed by atoms with E-state index in [2.05, 4.69) is 17.2 Å². The Morgan fingerprint density at radius 3 is 2.53 bits per heavy atom. The minimum atomic E-state index is -0.188. The highest BCUT2D eigenvalue weighted by molar-refractivity contribution is 5.33. The van der Waals surface area contributed by atoms with Gasteiger partial charge in [0.15, 0.2) is 0 Å². The van der Waals surface area contributed by atoms with Gasteiger partial charge in [-0.25, -0.2) is 4.39 Å². The predicted molar refractivity (Wildman–Crippen MR) is 75.5 cm³/mol. The maximum absolute atomic E-state index is 13.6. The molecule has 2 rings (SSSR count). The van der Waals surface area contributed by atoms with Gasteiger partial charge in [0.05, 0.1) is 6.04 Å². The van der Waals surface area contributed by atoms with Gasteiger partial charge < -0.3 is 5.32 Å². The molecule has 1 unspecified atom stereocenters. The third kappa shape index (κ3) is 3.61. The monoisotopic (exact) mass is 258 g/mol. The van der Waals surface area contributed by atoms with Crippen molar-refractivity contribution in [2.75, 3.05) is 6.54 Å². The molecule has 0 aliphatic heterocycles. The lowest BCUT2D eigenvalue weighted by Crippen LogP contribution is -2.23. The third-order valence-electron chi connectivity index (χ3n) is 3.04. The zero-order chi connectivity index (χ0) is 13.7. The summed E-state index contributed by atoms with van der Waals surface area (Å²) in [5, 5.41) is 3.46. The zero-order valence-electron chi connectivity index (χ0n) is 11.4. The lowest BCUT2D eigenvalue weighted by atomic mass is 9.98. The second kappa shape index (κ2) is 6.43. The maximum Gasteiger partial charge on any atom is 0.123 e. The van der Waals surface area contributed by atoms with Gasteiger partial charge in [-0.05, 0) is 60.8 Å². The van der Waals surface area contributed by atoms with E-state index >= 15 is 0 Å². The first kappa shape index (κ1) is 13.7. The molecule has 1 heterocycles. The fourth-order valence-corrected chi connectivity index (χ4v) is 2.20. The minimum Gasteiger partial charge on any atom is -0.306 e. The Morgan fingerprint density at radius 1 is 1.16 bits per heavy atom. The van der Waals surface area contributed by atoms with Crippen molar-refractivity contribution >= 4 is 0 Å². The van der Waals surface area contributed by atoms with Crippen molar-refractivity contribution in [2.45, 2.75) is 26.3 Å². The Balaban J connectivity index is 2.36. The van der Waals surface area contributed by atoms with Crippen LogP contribution < -0.4 is 5.32 Å². The number of nitrogens with one attached hydrogen (secondary N) is 1. The van der Waals surface area contributed by atoms with Crippen LogP contribution in [0.5, 0.6) is 0 Å². The number of aryl methyl sites for hydroxylation is 1. The zero-order valence-corrected chi connectivity index (χ0v) is 11.4. The number of halogens is 1. The molecule has 1 aromatic heterocycles. The molecular formula is C16H19FN2. The number of aromatic nitrogens is 1. The molecule has 2 aromatic rings. The summed E-state index contributed by atoms with van der Waals surface area (Å²) in [6.07, 6.45) is 4.57. The van der Waals surface area contributed by atoms with Gasteiger partial charge in [0.1, 0.15) is 5.82 Å². The summed E-state index contributed by atoms with van der Waals surface area (Å²) in [7, 11) is 0. The van der Waals surface area contributed by atoms with E-state index < -0.39 is 0 Å². The van der Waals surface area contributed by atoms with E-state index in [4.69, 9.17) is 0 Å². The van der Waals surface area contributed by atoms with Gasteiger partial charge in [-0.2, -0.15) is 0 Å². The van der Waals surface area contributed by atoms with Crippen LogP contribution >= 0.6 is 0 Å². The average molecular weight is 258 g/mol. The number of rotatable bonds is 5. The highest BCUT2D eigenvalue weighted by Gasteiger charge is 2.14. The Bertz CT molecular complexity index is 505. The first-order valence-corrected chi connectivity index (χ1v) is 6.61. The van der Waals surface area contributed by atoms with Crippen LogP contribution in [-0.4, -0.2) is 11.5 Å². The largest absolute Gasteiger partial charge is 0.306 e. The van der Waals surface area contributed by atoms with Gasteiger partial charge >= 0.3 is 0 Å². The molecule has 0 radical (unpaired) electrons. The molecule has 0 bridgehead atoms. The molecule has 1 N–H and O–H groups in total. The summed E-state index contributed by atoms with van der Waals surface area (Å²) < 4.78 is 13.6. The SMILES string of the molecule is CCCNC(c1ccncc1)c1cc(C)cc(F)c1. The fourth-order valence-electron chi connectivity index (χ4n) is 2.20. The van der Waals surface area contributed by atoms with E-state index in [1.807, 2.05) is 25.1 Å². The molecule has 1 aromatic carbocycles. The number of hydrogen-bond acceptors (Lipinski definition) is 2. The molecule has 1 atom stereocenters. The molecule has 19 heavy (non-hydrogen) atoms. The topological polar surface area (TPSA) is 24.9 Å². The lowest BCUT2D eigenvalue weighted by Gasteiger charge is -2.20.